The fraction of sp³-hybridized carbons (Fsp3) is 0.537. The number of hydrogen-bond donors (Lipinski definition) is 4. The van der Waals surface area contributed by atoms with Crippen LogP contribution in [0.1, 0.15) is 227 Å². The van der Waals surface area contributed by atoms with Gasteiger partial charge in [-0.05, 0) is 170 Å². The Labute approximate surface area is 844 Å². The molecule has 9 aromatic rings. The highest BCUT2D eigenvalue weighted by Crippen LogP contribution is 2.44. The predicted octanol–water partition coefficient (Wildman–Crippen LogP) is 12.9. The number of nitrogens with one attached hydrogen (secondary N) is 1. The molecular formula is C108H146N24O12. The van der Waals surface area contributed by atoms with Crippen molar-refractivity contribution >= 4 is 117 Å². The number of nitrogens with two attached hydrogens (primary N) is 3. The van der Waals surface area contributed by atoms with Gasteiger partial charge in [0.25, 0.3) is 23.6 Å². The number of carbonyl (C=O) groups is 12. The van der Waals surface area contributed by atoms with E-state index in [0.29, 0.717) is 109 Å². The summed E-state index contributed by atoms with van der Waals surface area (Å²) in [7, 11) is 15.5. The van der Waals surface area contributed by atoms with Crippen LogP contribution in [0.5, 0.6) is 0 Å². The molecule has 0 bridgehead atoms. The smallest absolute Gasteiger partial charge is 0.252 e. The fourth-order valence-corrected chi connectivity index (χ4v) is 22.6. The molecule has 12 heterocycles. The van der Waals surface area contributed by atoms with Gasteiger partial charge in [-0.25, -0.2) is 19.9 Å². The topological polar surface area (TPSA) is 444 Å². The average molecular weight is 1970 g/mol. The van der Waals surface area contributed by atoms with Crippen molar-refractivity contribution in [1.82, 2.24) is 78.7 Å². The van der Waals surface area contributed by atoms with Gasteiger partial charge in [-0.15, -0.1) is 0 Å². The molecule has 16 rings (SSSR count). The number of hydrogen-bond acceptors (Lipinski definition) is 24. The molecule has 3 aliphatic carbocycles. The third kappa shape index (κ3) is 25.4. The molecule has 36 heteroatoms. The van der Waals surface area contributed by atoms with Gasteiger partial charge in [0.1, 0.15) is 53.3 Å². The molecule has 8 aromatic heterocycles. The second-order valence-electron chi connectivity index (χ2n) is 40.3. The number of benzene rings is 1. The third-order valence-electron chi connectivity index (χ3n) is 30.6. The Hall–Kier alpha value is -13.7. The maximum absolute atomic E-state index is 13.7. The van der Waals surface area contributed by atoms with Crippen LogP contribution in [0.4, 0.5) is 46.3 Å². The maximum atomic E-state index is 13.7. The van der Waals surface area contributed by atoms with E-state index in [1.54, 1.807) is 174 Å². The molecule has 12 amide bonds. The number of likely N-dealkylation sites (tertiary alicyclic amines) is 4. The molecule has 3 saturated carbocycles. The Morgan fingerprint density at radius 2 is 0.819 bits per heavy atom. The number of imide groups is 4. The number of aryl methyl sites for hydroxylation is 6. The third-order valence-corrected chi connectivity index (χ3v) is 30.6. The van der Waals surface area contributed by atoms with Crippen LogP contribution in [-0.4, -0.2) is 209 Å². The van der Waals surface area contributed by atoms with E-state index < -0.39 is 47.8 Å². The van der Waals surface area contributed by atoms with Gasteiger partial charge in [-0.1, -0.05) is 174 Å². The number of aromatic nitrogens is 12. The van der Waals surface area contributed by atoms with Crippen LogP contribution in [0, 0.1) is 73.0 Å². The molecule has 4 saturated heterocycles. The van der Waals surface area contributed by atoms with E-state index in [0.717, 1.165) is 110 Å². The zero-order valence-corrected chi connectivity index (χ0v) is 86.3. The molecule has 7 fully saturated rings. The number of rotatable bonds is 34. The lowest BCUT2D eigenvalue weighted by atomic mass is 9.75. The molecule has 1 aromatic carbocycles. The number of nitrogens with zero attached hydrogens (tertiary/aromatic N) is 20. The normalized spacial score (nSPS) is 20.4. The number of likely N-dealkylation sites (N-methyl/N-ethyl adjacent to an activating group) is 4. The van der Waals surface area contributed by atoms with Crippen molar-refractivity contribution in [1.29, 1.82) is 0 Å². The number of nitrogen functional groups attached to an aromatic ring is 3. The van der Waals surface area contributed by atoms with Crippen molar-refractivity contribution in [3.05, 3.63) is 180 Å². The monoisotopic (exact) mass is 1970 g/mol. The maximum Gasteiger partial charge on any atom is 0.252 e. The standard InChI is InChI=1S/C28H34N6O3.2C27H38N6O3.C26H36N6O3/c1-6-20(21-10-8-7-9-11-21)15-25(35)34-26(28(37)33(5)22-16-30-32(4)17-22)23(27(34)36)13-19-12-18(2)31-24(14-19)29-3;1-5-19(20-9-7-6-8-10-20)16-24(34)33-25(27(36)31(3)23-11-12-29-32(23)4)21(26(33)35)14-18-13-17(2)30-22(28)15-18;1-4-8-20(19-9-6-5-7-10-19)17-24(34)33-25(27(36)32(3)23-12-14-31(2)30-23)21(26(33)35)15-18-11-13-29-22(28)16-18;1-4-18(19-8-6-5-7-9-19)14-23(33)32-24(26(35)31(3)20-15-29-30(2)16-20)21(25(32)34)12-17-10-11-28-22(27)13-17/h7-12,14,16-17,20,23,26H,6,13,15H2,1-5H3,(H,29,31);11-13,15,19-21,25H,5-10,14,16H2,1-4H3,(H2,28,30);11-14,16,19-21,25H,4-10,15,17H2,1-3H3,(H2,28,29);10-11,13,15-16,18-19,21,24H,4-9,12,14H2,1-3H3,(H2,27,28)/t20-,23+,26-;19-,21+,25-;20-,21+,25-;18-,21+,24-/m0000/s1. The number of anilines is 8. The lowest BCUT2D eigenvalue weighted by Crippen LogP contribution is -2.69. The Balaban J connectivity index is 0.000000161. The molecule has 4 aliphatic heterocycles. The first-order chi connectivity index (χ1) is 69.0. The summed E-state index contributed by atoms with van der Waals surface area (Å²) in [6.07, 6.45) is 37.9. The molecule has 7 N–H and O–H groups in total. The van der Waals surface area contributed by atoms with Crippen LogP contribution in [-0.2, 0) is 111 Å². The van der Waals surface area contributed by atoms with Gasteiger partial charge in [0.05, 0.1) is 53.6 Å². The Morgan fingerprint density at radius 3 is 1.19 bits per heavy atom. The van der Waals surface area contributed by atoms with E-state index in [1.807, 2.05) is 69.3 Å². The van der Waals surface area contributed by atoms with Crippen LogP contribution in [0.2, 0.25) is 0 Å². The largest absolute Gasteiger partial charge is 0.384 e. The van der Waals surface area contributed by atoms with Crippen molar-refractivity contribution in [2.24, 2.45) is 87.4 Å². The van der Waals surface area contributed by atoms with E-state index in [4.69, 9.17) is 17.2 Å². The summed E-state index contributed by atoms with van der Waals surface area (Å²) < 4.78 is 6.44. The second kappa shape index (κ2) is 49.1. The minimum absolute atomic E-state index is 0.0339. The lowest BCUT2D eigenvalue weighted by molar-refractivity contribution is -0.171. The van der Waals surface area contributed by atoms with Gasteiger partial charge < -0.3 is 32.3 Å². The van der Waals surface area contributed by atoms with Crippen LogP contribution < -0.4 is 42.1 Å². The van der Waals surface area contributed by atoms with Crippen molar-refractivity contribution in [3.8, 4) is 0 Å². The van der Waals surface area contributed by atoms with Gasteiger partial charge >= 0.3 is 0 Å². The predicted molar refractivity (Wildman–Crippen MR) is 551 cm³/mol. The second-order valence-corrected chi connectivity index (χ2v) is 40.3. The summed E-state index contributed by atoms with van der Waals surface area (Å²) in [5.41, 5.74) is 24.8. The fourth-order valence-electron chi connectivity index (χ4n) is 22.6. The Morgan fingerprint density at radius 1 is 0.424 bits per heavy atom. The Bertz CT molecular complexity index is 5990. The molecular weight excluding hydrogens is 1830 g/mol. The minimum atomic E-state index is -0.884. The van der Waals surface area contributed by atoms with E-state index in [-0.39, 0.29) is 101 Å². The number of amides is 12. The van der Waals surface area contributed by atoms with Crippen molar-refractivity contribution < 1.29 is 57.5 Å². The highest BCUT2D eigenvalue weighted by atomic mass is 16.2. The van der Waals surface area contributed by atoms with Gasteiger partial charge in [-0.3, -0.25) is 106 Å². The highest BCUT2D eigenvalue weighted by Gasteiger charge is 2.60. The SMILES string of the molecule is CCC[C@@H](CC(=O)N1C(=O)[C@H](Cc2ccnc(N)c2)[C@H]1C(=O)N(C)c1ccn(C)n1)C1CCCCC1.CC[C@@H](CC(=O)N1C(=O)[C@H](Cc2cc(C)nc(N)c2)[C@H]1C(=O)N(C)c1ccnn1C)C1CCCCC1.CC[C@@H](CC(=O)N1C(=O)[C@H](Cc2cc(C)nc(NC)c2)[C@H]1C(=O)N(C)c1cnn(C)c1)c1ccccc1.CC[C@@H](CC(=O)N1C(=O)[C@H](Cc2ccnc(N)c2)[C@H]1C(=O)N(C)c1cnn(C)c1)C1CCCCC1. The van der Waals surface area contributed by atoms with Gasteiger partial charge in [0, 0.05) is 144 Å². The zero-order chi connectivity index (χ0) is 104. The zero-order valence-electron chi connectivity index (χ0n) is 86.3. The quantitative estimate of drug-likeness (QED) is 0.0272. The molecule has 770 valence electrons. The number of carbonyl (C=O) groups excluding carboxylic acids is 12. The van der Waals surface area contributed by atoms with Crippen LogP contribution in [0.15, 0.2) is 141 Å². The van der Waals surface area contributed by atoms with E-state index in [2.05, 4.69) is 66.4 Å². The van der Waals surface area contributed by atoms with Gasteiger partial charge in [0.15, 0.2) is 5.82 Å². The summed E-state index contributed by atoms with van der Waals surface area (Å²) in [5.74, 6) is -0.857. The Kier molecular flexibility index (Phi) is 36.6. The molecule has 0 unspecified atom stereocenters. The molecule has 0 radical (unpaired) electrons. The number of pyridine rings is 4. The minimum Gasteiger partial charge on any atom is -0.384 e. The van der Waals surface area contributed by atoms with Crippen molar-refractivity contribution in [2.45, 2.75) is 251 Å². The summed E-state index contributed by atoms with van der Waals surface area (Å²) in [5, 5.41) is 19.8. The molecule has 0 spiro atoms. The highest BCUT2D eigenvalue weighted by molar-refractivity contribution is 6.16. The van der Waals surface area contributed by atoms with E-state index >= 15 is 0 Å². The lowest BCUT2D eigenvalue weighted by Gasteiger charge is -2.46. The van der Waals surface area contributed by atoms with Crippen molar-refractivity contribution in [2.75, 3.05) is 77.4 Å². The summed E-state index contributed by atoms with van der Waals surface area (Å²) in [6.45, 7) is 12.1. The van der Waals surface area contributed by atoms with E-state index in [1.165, 1.54) is 97.0 Å². The molecule has 144 heavy (non-hydrogen) atoms. The summed E-state index contributed by atoms with van der Waals surface area (Å²) in [4.78, 5) is 190. The first-order valence-electron chi connectivity index (χ1n) is 51.4. The van der Waals surface area contributed by atoms with Crippen molar-refractivity contribution in [3.63, 3.8) is 0 Å². The van der Waals surface area contributed by atoms with Gasteiger partial charge in [0.2, 0.25) is 47.3 Å². The van der Waals surface area contributed by atoms with Crippen LogP contribution in [0.3, 0.4) is 0 Å². The van der Waals surface area contributed by atoms with Gasteiger partial charge in [-0.2, -0.15) is 20.4 Å². The number of β-lactam (4-membered cyclic amide) rings is 4. The average Bonchev–Trinajstić information content (AvgIpc) is 1.10. The summed E-state index contributed by atoms with van der Waals surface area (Å²) in [6, 6.07) is 24.2. The van der Waals surface area contributed by atoms with Crippen LogP contribution in [0.25, 0.3) is 0 Å². The summed E-state index contributed by atoms with van der Waals surface area (Å²) >= 11 is 0. The first-order valence-corrected chi connectivity index (χ1v) is 51.4. The molecule has 36 nitrogen and oxygen atoms in total. The first kappa shape index (κ1) is 108. The van der Waals surface area contributed by atoms with Crippen LogP contribution >= 0.6 is 0 Å². The molecule has 12 atom stereocenters. The molecule has 7 aliphatic rings. The van der Waals surface area contributed by atoms with E-state index in [9.17, 15) is 57.5 Å².